The average Bonchev–Trinajstić information content (AvgIpc) is 3.41. The molecule has 10 nitrogen and oxygen atoms in total. The van der Waals surface area contributed by atoms with Crippen molar-refractivity contribution < 1.29 is 38.8 Å². The van der Waals surface area contributed by atoms with Crippen LogP contribution in [0.4, 0.5) is 0 Å². The van der Waals surface area contributed by atoms with Crippen LogP contribution >= 0.6 is 23.2 Å². The first-order chi connectivity index (χ1) is 18.7. The number of hydrogen-bond acceptors (Lipinski definition) is 7. The second-order valence-electron chi connectivity index (χ2n) is 9.54. The summed E-state index contributed by atoms with van der Waals surface area (Å²) in [5.74, 6) is -1.97. The Morgan fingerprint density at radius 1 is 0.949 bits per heavy atom. The summed E-state index contributed by atoms with van der Waals surface area (Å²) in [5.41, 5.74) is 1.30. The van der Waals surface area contributed by atoms with Crippen molar-refractivity contribution >= 4 is 41.0 Å². The van der Waals surface area contributed by atoms with Crippen LogP contribution in [0.3, 0.4) is 0 Å². The fraction of sp³-hybridized carbons (Fsp3) is 0.444. The zero-order valence-electron chi connectivity index (χ0n) is 21.0. The van der Waals surface area contributed by atoms with Gasteiger partial charge >= 0.3 is 5.97 Å². The molecule has 1 saturated carbocycles. The van der Waals surface area contributed by atoms with E-state index in [2.05, 4.69) is 10.6 Å². The molecule has 1 unspecified atom stereocenters. The number of amides is 2. The zero-order valence-corrected chi connectivity index (χ0v) is 22.5. The Hall–Kier alpha value is -2.89. The molecule has 2 aliphatic rings. The van der Waals surface area contributed by atoms with Gasteiger partial charge in [0.05, 0.1) is 6.10 Å². The molecule has 3 atom stereocenters. The lowest BCUT2D eigenvalue weighted by Gasteiger charge is -2.27. The molecular formula is C27H30Cl2N2O8. The molecule has 0 radical (unpaired) electrons. The molecule has 39 heavy (non-hydrogen) atoms. The number of carboxylic acids is 1. The van der Waals surface area contributed by atoms with Crippen LogP contribution in [0.15, 0.2) is 42.5 Å². The van der Waals surface area contributed by atoms with Gasteiger partial charge in [-0.25, -0.2) is 4.79 Å². The molecule has 0 aromatic heterocycles. The predicted octanol–water partition coefficient (Wildman–Crippen LogP) is 2.85. The lowest BCUT2D eigenvalue weighted by molar-refractivity contribution is -0.144. The molecular weight excluding hydrogens is 551 g/mol. The molecule has 2 fully saturated rings. The van der Waals surface area contributed by atoms with Crippen molar-refractivity contribution in [1.82, 2.24) is 10.6 Å². The van der Waals surface area contributed by atoms with Crippen molar-refractivity contribution in [2.24, 2.45) is 0 Å². The van der Waals surface area contributed by atoms with Gasteiger partial charge in [-0.2, -0.15) is 0 Å². The lowest BCUT2D eigenvalue weighted by Crippen LogP contribution is -2.53. The molecule has 1 heterocycles. The van der Waals surface area contributed by atoms with Crippen LogP contribution in [0.5, 0.6) is 5.75 Å². The van der Waals surface area contributed by atoms with Gasteiger partial charge in [-0.05, 0) is 55.5 Å². The molecule has 12 heteroatoms. The van der Waals surface area contributed by atoms with E-state index in [-0.39, 0.29) is 32.0 Å². The van der Waals surface area contributed by atoms with Crippen molar-refractivity contribution in [3.8, 4) is 5.75 Å². The van der Waals surface area contributed by atoms with Gasteiger partial charge < -0.3 is 35.1 Å². The second-order valence-corrected chi connectivity index (χ2v) is 10.4. The summed E-state index contributed by atoms with van der Waals surface area (Å²) >= 11 is 12.3. The van der Waals surface area contributed by atoms with Crippen LogP contribution in [-0.2, 0) is 36.9 Å². The number of aliphatic hydroxyl groups excluding tert-OH is 1. The van der Waals surface area contributed by atoms with Crippen LogP contribution in [0.1, 0.15) is 36.8 Å². The summed E-state index contributed by atoms with van der Waals surface area (Å²) in [6, 6.07) is 10.5. The summed E-state index contributed by atoms with van der Waals surface area (Å²) in [7, 11) is 0. The Labute approximate surface area is 235 Å². The minimum absolute atomic E-state index is 0.00741. The quantitative estimate of drug-likeness (QED) is 0.336. The van der Waals surface area contributed by atoms with Crippen molar-refractivity contribution in [2.45, 2.75) is 69.1 Å². The minimum Gasteiger partial charge on any atom is -0.489 e. The first kappa shape index (κ1) is 29.1. The molecule has 0 spiro atoms. The van der Waals surface area contributed by atoms with Gasteiger partial charge in [0.15, 0.2) is 12.2 Å². The highest BCUT2D eigenvalue weighted by atomic mass is 35.5. The standard InChI is InChI=1S/C27H30Cl2N2O8/c28-20-2-1-3-21(29)19(20)13-37-18-10-4-15(5-11-18)12-22(27(35)36)31-26(34)24-23(38-14-39-24)25(33)30-16-6-8-17(32)9-7-16/h1-5,10-11,16-17,22-24,32H,6-9,12-14H2,(H,30,33)(H,31,34)(H,35,36)/t16?,17?,22?,23-,24-/m1/s1. The fourth-order valence-electron chi connectivity index (χ4n) is 4.53. The van der Waals surface area contributed by atoms with Gasteiger partial charge in [-0.1, -0.05) is 41.4 Å². The third kappa shape index (κ3) is 7.83. The third-order valence-electron chi connectivity index (χ3n) is 6.75. The number of benzene rings is 2. The Morgan fingerprint density at radius 3 is 2.18 bits per heavy atom. The SMILES string of the molecule is O=C(O)C(Cc1ccc(OCc2c(Cl)cccc2Cl)cc1)NC(=O)[C@@H]1OCO[C@H]1C(=O)NC1CCC(O)CC1. The van der Waals surface area contributed by atoms with Crippen molar-refractivity contribution in [3.05, 3.63) is 63.6 Å². The Balaban J connectivity index is 1.31. The van der Waals surface area contributed by atoms with Gasteiger partial charge in [0.2, 0.25) is 0 Å². The third-order valence-corrected chi connectivity index (χ3v) is 7.46. The fourth-order valence-corrected chi connectivity index (χ4v) is 5.03. The number of nitrogens with one attached hydrogen (secondary N) is 2. The van der Waals surface area contributed by atoms with E-state index in [1.54, 1.807) is 42.5 Å². The first-order valence-corrected chi connectivity index (χ1v) is 13.4. The summed E-state index contributed by atoms with van der Waals surface area (Å²) < 4.78 is 16.4. The van der Waals surface area contributed by atoms with E-state index in [1.807, 2.05) is 0 Å². The molecule has 2 aromatic rings. The normalized spacial score (nSPS) is 23.6. The van der Waals surface area contributed by atoms with Crippen molar-refractivity contribution in [3.63, 3.8) is 0 Å². The smallest absolute Gasteiger partial charge is 0.326 e. The summed E-state index contributed by atoms with van der Waals surface area (Å²) in [6.07, 6.45) is -0.451. The maximum absolute atomic E-state index is 12.9. The number of aliphatic carboxylic acids is 1. The van der Waals surface area contributed by atoms with E-state index in [4.69, 9.17) is 37.4 Å². The number of carbonyl (C=O) groups excluding carboxylic acids is 2. The average molecular weight is 581 g/mol. The molecule has 1 aliphatic carbocycles. The van der Waals surface area contributed by atoms with Gasteiger partial charge in [-0.3, -0.25) is 9.59 Å². The van der Waals surface area contributed by atoms with E-state index >= 15 is 0 Å². The monoisotopic (exact) mass is 580 g/mol. The maximum Gasteiger partial charge on any atom is 0.326 e. The first-order valence-electron chi connectivity index (χ1n) is 12.6. The van der Waals surface area contributed by atoms with Crippen molar-refractivity contribution in [1.29, 1.82) is 0 Å². The molecule has 4 N–H and O–H groups in total. The minimum atomic E-state index is -1.28. The maximum atomic E-state index is 12.9. The Bertz CT molecular complexity index is 1150. The van der Waals surface area contributed by atoms with E-state index in [0.717, 1.165) is 0 Å². The number of carbonyl (C=O) groups is 3. The number of carboxylic acid groups (broad SMARTS) is 1. The summed E-state index contributed by atoms with van der Waals surface area (Å²) in [5, 5.41) is 25.6. The molecule has 1 saturated heterocycles. The Kier molecular flexibility index (Phi) is 10.0. The zero-order chi connectivity index (χ0) is 27.9. The summed E-state index contributed by atoms with van der Waals surface area (Å²) in [4.78, 5) is 37.5. The van der Waals surface area contributed by atoms with Crippen LogP contribution < -0.4 is 15.4 Å². The van der Waals surface area contributed by atoms with E-state index < -0.39 is 36.0 Å². The lowest BCUT2D eigenvalue weighted by atomic mass is 9.93. The largest absolute Gasteiger partial charge is 0.489 e. The van der Waals surface area contributed by atoms with Crippen molar-refractivity contribution in [2.75, 3.05) is 6.79 Å². The highest BCUT2D eigenvalue weighted by Gasteiger charge is 2.42. The van der Waals surface area contributed by atoms with Gasteiger partial charge in [-0.15, -0.1) is 0 Å². The van der Waals surface area contributed by atoms with Gasteiger partial charge in [0.25, 0.3) is 11.8 Å². The van der Waals surface area contributed by atoms with Gasteiger partial charge in [0.1, 0.15) is 25.2 Å². The second kappa shape index (κ2) is 13.5. The molecule has 0 bridgehead atoms. The van der Waals surface area contributed by atoms with Crippen LogP contribution in [0.2, 0.25) is 10.0 Å². The number of aliphatic hydroxyl groups is 1. The highest BCUT2D eigenvalue weighted by molar-refractivity contribution is 6.35. The summed E-state index contributed by atoms with van der Waals surface area (Å²) in [6.45, 7) is -0.106. The Morgan fingerprint density at radius 2 is 1.56 bits per heavy atom. The number of halogens is 2. The van der Waals surface area contributed by atoms with E-state index in [9.17, 15) is 24.6 Å². The number of ether oxygens (including phenoxy) is 3. The molecule has 1 aliphatic heterocycles. The van der Waals surface area contributed by atoms with Crippen LogP contribution in [0, 0.1) is 0 Å². The molecule has 2 aromatic carbocycles. The molecule has 210 valence electrons. The van der Waals surface area contributed by atoms with E-state index in [1.165, 1.54) is 0 Å². The van der Waals surface area contributed by atoms with Crippen LogP contribution in [0.25, 0.3) is 0 Å². The number of hydrogen-bond donors (Lipinski definition) is 4. The highest BCUT2D eigenvalue weighted by Crippen LogP contribution is 2.26. The number of rotatable bonds is 10. The van der Waals surface area contributed by atoms with E-state index in [0.29, 0.717) is 52.6 Å². The van der Waals surface area contributed by atoms with Crippen LogP contribution in [-0.4, -0.2) is 65.2 Å². The predicted molar refractivity (Wildman–Crippen MR) is 142 cm³/mol. The van der Waals surface area contributed by atoms with Gasteiger partial charge in [0, 0.05) is 28.1 Å². The molecule has 2 amide bonds. The molecule has 4 rings (SSSR count). The topological polar surface area (TPSA) is 143 Å².